The van der Waals surface area contributed by atoms with Crippen LogP contribution in [0.5, 0.6) is 0 Å². The van der Waals surface area contributed by atoms with E-state index >= 15 is 0 Å². The monoisotopic (exact) mass is 246 g/mol. The van der Waals surface area contributed by atoms with E-state index in [1.54, 1.807) is 0 Å². The first-order valence-electron chi connectivity index (χ1n) is 6.01. The zero-order valence-corrected chi connectivity index (χ0v) is 11.5. The molecule has 0 N–H and O–H groups in total. The van der Waals surface area contributed by atoms with E-state index in [1.165, 1.54) is 11.3 Å². The van der Waals surface area contributed by atoms with Crippen molar-refractivity contribution in [3.63, 3.8) is 0 Å². The summed E-state index contributed by atoms with van der Waals surface area (Å²) in [5.41, 5.74) is 0.177. The Bertz CT molecular complexity index is 448. The van der Waals surface area contributed by atoms with Crippen LogP contribution in [0, 0.1) is 28.6 Å². The van der Waals surface area contributed by atoms with Gasteiger partial charge >= 0.3 is 0 Å². The average Bonchev–Trinajstić information content (AvgIpc) is 2.79. The van der Waals surface area contributed by atoms with Crippen molar-refractivity contribution in [3.05, 3.63) is 21.9 Å². The lowest BCUT2D eigenvalue weighted by atomic mass is 9.72. The topological polar surface area (TPSA) is 47.6 Å². The summed E-state index contributed by atoms with van der Waals surface area (Å²) in [6.45, 7) is 6.27. The molecule has 0 unspecified atom stereocenters. The molecule has 0 saturated heterocycles. The summed E-state index contributed by atoms with van der Waals surface area (Å²) in [6.07, 6.45) is 2.94. The van der Waals surface area contributed by atoms with E-state index in [0.29, 0.717) is 5.56 Å². The Kier molecular flexibility index (Phi) is 4.73. The summed E-state index contributed by atoms with van der Waals surface area (Å²) >= 11 is 1.54. The fourth-order valence-corrected chi connectivity index (χ4v) is 3.27. The molecule has 17 heavy (non-hydrogen) atoms. The van der Waals surface area contributed by atoms with Crippen molar-refractivity contribution in [3.8, 4) is 12.1 Å². The van der Waals surface area contributed by atoms with E-state index in [-0.39, 0.29) is 5.92 Å². The van der Waals surface area contributed by atoms with Gasteiger partial charge in [0, 0.05) is 4.88 Å². The van der Waals surface area contributed by atoms with Gasteiger partial charge in [0.15, 0.2) is 0 Å². The fraction of sp³-hybridized carbons (Fsp3) is 0.571. The molecule has 0 bridgehead atoms. The van der Waals surface area contributed by atoms with E-state index < -0.39 is 5.41 Å². The molecule has 0 amide bonds. The molecule has 90 valence electrons. The number of nitrogens with zero attached hydrogens (tertiary/aromatic N) is 2. The molecule has 0 radical (unpaired) electrons. The first-order valence-corrected chi connectivity index (χ1v) is 6.89. The van der Waals surface area contributed by atoms with Crippen LogP contribution in [0.3, 0.4) is 0 Å². The molecule has 0 spiro atoms. The van der Waals surface area contributed by atoms with Crippen LogP contribution >= 0.6 is 11.3 Å². The summed E-state index contributed by atoms with van der Waals surface area (Å²) in [4.78, 5) is 0.950. The van der Waals surface area contributed by atoms with Crippen molar-refractivity contribution >= 4 is 11.3 Å². The number of hydrogen-bond acceptors (Lipinski definition) is 3. The van der Waals surface area contributed by atoms with Gasteiger partial charge in [-0.15, -0.1) is 11.3 Å². The van der Waals surface area contributed by atoms with Crippen molar-refractivity contribution < 1.29 is 0 Å². The minimum atomic E-state index is -0.491. The highest BCUT2D eigenvalue weighted by atomic mass is 32.1. The third kappa shape index (κ3) is 2.51. The summed E-state index contributed by atoms with van der Waals surface area (Å²) in [7, 11) is 0. The zero-order chi connectivity index (χ0) is 12.9. The molecule has 0 aliphatic heterocycles. The van der Waals surface area contributed by atoms with E-state index in [4.69, 9.17) is 5.26 Å². The van der Waals surface area contributed by atoms with Gasteiger partial charge < -0.3 is 0 Å². The van der Waals surface area contributed by atoms with Crippen molar-refractivity contribution in [2.24, 2.45) is 5.92 Å². The first kappa shape index (κ1) is 13.7. The largest absolute Gasteiger partial charge is 0.197 e. The Morgan fingerprint density at radius 2 is 2.12 bits per heavy atom. The molecule has 1 atom stereocenters. The van der Waals surface area contributed by atoms with Gasteiger partial charge in [-0.25, -0.2) is 0 Å². The Balaban J connectivity index is 3.24. The second kappa shape index (κ2) is 5.84. The fourth-order valence-electron chi connectivity index (χ4n) is 2.10. The predicted octanol–water partition coefficient (Wildman–Crippen LogP) is 4.23. The van der Waals surface area contributed by atoms with Crippen molar-refractivity contribution in [1.82, 2.24) is 0 Å². The van der Waals surface area contributed by atoms with Gasteiger partial charge in [-0.1, -0.05) is 33.6 Å². The Hall–Kier alpha value is -1.32. The Morgan fingerprint density at radius 3 is 2.59 bits per heavy atom. The quantitative estimate of drug-likeness (QED) is 0.780. The van der Waals surface area contributed by atoms with Crippen molar-refractivity contribution in [2.45, 2.75) is 45.4 Å². The Morgan fingerprint density at radius 1 is 1.41 bits per heavy atom. The highest BCUT2D eigenvalue weighted by Gasteiger charge is 2.38. The van der Waals surface area contributed by atoms with Gasteiger partial charge in [0.05, 0.1) is 17.0 Å². The number of nitriles is 2. The van der Waals surface area contributed by atoms with Gasteiger partial charge in [-0.05, 0) is 23.8 Å². The molecule has 2 nitrogen and oxygen atoms in total. The zero-order valence-electron chi connectivity index (χ0n) is 10.7. The van der Waals surface area contributed by atoms with E-state index in [0.717, 1.165) is 24.1 Å². The summed E-state index contributed by atoms with van der Waals surface area (Å²) in [6, 6.07) is 6.51. The maximum absolute atomic E-state index is 9.61. The number of rotatable bonds is 5. The molecule has 3 heteroatoms. The van der Waals surface area contributed by atoms with Crippen LogP contribution in [0.1, 0.15) is 50.5 Å². The maximum Gasteiger partial charge on any atom is 0.100 e. The summed E-state index contributed by atoms with van der Waals surface area (Å²) < 4.78 is 0. The summed E-state index contributed by atoms with van der Waals surface area (Å²) in [5, 5.41) is 20.6. The third-order valence-corrected chi connectivity index (χ3v) is 4.39. The molecule has 0 aromatic carbocycles. The van der Waals surface area contributed by atoms with Crippen LogP contribution < -0.4 is 0 Å². The van der Waals surface area contributed by atoms with E-state index in [9.17, 15) is 5.26 Å². The van der Waals surface area contributed by atoms with Gasteiger partial charge in [-0.2, -0.15) is 10.5 Å². The van der Waals surface area contributed by atoms with Crippen LogP contribution in [0.15, 0.2) is 11.4 Å². The number of unbranched alkanes of at least 4 members (excludes halogenated alkanes) is 1. The Labute approximate surface area is 108 Å². The molecule has 1 heterocycles. The normalized spacial score (nSPS) is 14.0. The van der Waals surface area contributed by atoms with Crippen molar-refractivity contribution in [2.75, 3.05) is 0 Å². The van der Waals surface area contributed by atoms with Crippen LogP contribution in [0.2, 0.25) is 0 Å². The van der Waals surface area contributed by atoms with Gasteiger partial charge in [0.25, 0.3) is 0 Å². The standard InChI is InChI=1S/C14H18N2S/c1-4-5-7-14(10-16,11(2)3)13-12(9-15)6-8-17-13/h6,8,11H,4-5,7H2,1-3H3/t14-/m0/s1. The van der Waals surface area contributed by atoms with Gasteiger partial charge in [0.1, 0.15) is 6.07 Å². The van der Waals surface area contributed by atoms with E-state index in [2.05, 4.69) is 32.9 Å². The van der Waals surface area contributed by atoms with E-state index in [1.807, 2.05) is 11.4 Å². The van der Waals surface area contributed by atoms with Crippen molar-refractivity contribution in [1.29, 1.82) is 10.5 Å². The molecule has 0 aliphatic rings. The van der Waals surface area contributed by atoms with Gasteiger partial charge in [0.2, 0.25) is 0 Å². The minimum absolute atomic E-state index is 0.227. The lowest BCUT2D eigenvalue weighted by Crippen LogP contribution is -2.30. The molecular weight excluding hydrogens is 228 g/mol. The lowest BCUT2D eigenvalue weighted by Gasteiger charge is -2.30. The molecule has 1 aromatic heterocycles. The second-order valence-electron chi connectivity index (χ2n) is 4.62. The first-order chi connectivity index (χ1) is 8.12. The lowest BCUT2D eigenvalue weighted by molar-refractivity contribution is 0.364. The third-order valence-electron chi connectivity index (χ3n) is 3.30. The second-order valence-corrected chi connectivity index (χ2v) is 5.53. The van der Waals surface area contributed by atoms with Gasteiger partial charge in [-0.3, -0.25) is 0 Å². The number of thiophene rings is 1. The molecule has 0 saturated carbocycles. The van der Waals surface area contributed by atoms with Crippen LogP contribution in [-0.4, -0.2) is 0 Å². The molecule has 0 aliphatic carbocycles. The van der Waals surface area contributed by atoms with Crippen LogP contribution in [0.25, 0.3) is 0 Å². The minimum Gasteiger partial charge on any atom is -0.197 e. The molecule has 1 aromatic rings. The van der Waals surface area contributed by atoms with Crippen LogP contribution in [-0.2, 0) is 5.41 Å². The molecule has 1 rings (SSSR count). The summed E-state index contributed by atoms with van der Waals surface area (Å²) in [5.74, 6) is 0.227. The molecule has 0 fully saturated rings. The predicted molar refractivity (Wildman–Crippen MR) is 70.7 cm³/mol. The highest BCUT2D eigenvalue weighted by Crippen LogP contribution is 2.41. The number of hydrogen-bond donors (Lipinski definition) is 0. The highest BCUT2D eigenvalue weighted by molar-refractivity contribution is 7.10. The average molecular weight is 246 g/mol. The maximum atomic E-state index is 9.61. The smallest absolute Gasteiger partial charge is 0.100 e. The van der Waals surface area contributed by atoms with Crippen LogP contribution in [0.4, 0.5) is 0 Å². The molecular formula is C14H18N2S. The SMILES string of the molecule is CCCC[C@@](C#N)(c1sccc1C#N)C(C)C.